The summed E-state index contributed by atoms with van der Waals surface area (Å²) in [7, 11) is 0. The topological polar surface area (TPSA) is 37.3 Å². The van der Waals surface area contributed by atoms with Crippen LogP contribution in [0.3, 0.4) is 0 Å². The minimum absolute atomic E-state index is 0.163. The molecule has 1 unspecified atom stereocenters. The minimum atomic E-state index is -0.864. The summed E-state index contributed by atoms with van der Waals surface area (Å²) in [6, 6.07) is 0. The monoisotopic (exact) mass is 194 g/mol. The highest BCUT2D eigenvalue weighted by molar-refractivity contribution is 5.79. The summed E-state index contributed by atoms with van der Waals surface area (Å²) >= 11 is 0. The van der Waals surface area contributed by atoms with Crippen molar-refractivity contribution in [1.29, 1.82) is 0 Å². The van der Waals surface area contributed by atoms with Crippen molar-refractivity contribution in [2.24, 2.45) is 10.8 Å². The van der Waals surface area contributed by atoms with Crippen LogP contribution in [-0.4, -0.2) is 11.1 Å². The summed E-state index contributed by atoms with van der Waals surface area (Å²) in [5.74, 6) is -0.864. The molecule has 0 spiro atoms. The average Bonchev–Trinajstić information content (AvgIpc) is 2.26. The molecule has 0 radical (unpaired) electrons. The molecular formula is C12H18O2. The van der Waals surface area contributed by atoms with Crippen molar-refractivity contribution < 1.29 is 9.90 Å². The normalized spacial score (nSPS) is 29.9. The molecule has 0 amide bonds. The van der Waals surface area contributed by atoms with Gasteiger partial charge in [0.25, 0.3) is 0 Å². The standard InChI is InChI=1S/C12H18O2/c1-11(2)7-5-9-12(11,3)8-4-6-10(13)14/h4-7H,8-9H2,1-3H3,(H,13,14)/b6-4+. The van der Waals surface area contributed by atoms with E-state index in [0.29, 0.717) is 0 Å². The Morgan fingerprint density at radius 3 is 2.57 bits per heavy atom. The average molecular weight is 194 g/mol. The van der Waals surface area contributed by atoms with E-state index in [9.17, 15) is 4.79 Å². The fourth-order valence-electron chi connectivity index (χ4n) is 1.84. The maximum atomic E-state index is 10.3. The summed E-state index contributed by atoms with van der Waals surface area (Å²) < 4.78 is 0. The molecule has 0 aromatic carbocycles. The molecule has 1 rings (SSSR count). The Kier molecular flexibility index (Phi) is 2.84. The molecule has 1 atom stereocenters. The molecule has 0 aliphatic heterocycles. The summed E-state index contributed by atoms with van der Waals surface area (Å²) in [6.45, 7) is 6.61. The summed E-state index contributed by atoms with van der Waals surface area (Å²) in [5.41, 5.74) is 0.328. The van der Waals surface area contributed by atoms with Gasteiger partial charge in [0.2, 0.25) is 0 Å². The quantitative estimate of drug-likeness (QED) is 0.554. The SMILES string of the molecule is CC1(C)C=CCC1(C)C/C=C/C(=O)O. The third-order valence-corrected chi connectivity index (χ3v) is 3.49. The van der Waals surface area contributed by atoms with E-state index in [4.69, 9.17) is 5.11 Å². The van der Waals surface area contributed by atoms with E-state index in [0.717, 1.165) is 12.8 Å². The second kappa shape index (κ2) is 3.60. The molecule has 0 aromatic heterocycles. The number of hydrogen-bond donors (Lipinski definition) is 1. The Bertz CT molecular complexity index is 287. The summed E-state index contributed by atoms with van der Waals surface area (Å²) in [4.78, 5) is 10.3. The largest absolute Gasteiger partial charge is 0.478 e. The number of rotatable bonds is 3. The van der Waals surface area contributed by atoms with E-state index >= 15 is 0 Å². The van der Waals surface area contributed by atoms with Gasteiger partial charge in [-0.15, -0.1) is 0 Å². The van der Waals surface area contributed by atoms with Gasteiger partial charge in [0.15, 0.2) is 0 Å². The maximum absolute atomic E-state index is 10.3. The molecule has 0 heterocycles. The molecule has 78 valence electrons. The number of carbonyl (C=O) groups is 1. The van der Waals surface area contributed by atoms with Crippen LogP contribution in [0.2, 0.25) is 0 Å². The van der Waals surface area contributed by atoms with Gasteiger partial charge in [0.1, 0.15) is 0 Å². The molecule has 0 aromatic rings. The molecule has 0 bridgehead atoms. The number of aliphatic carboxylic acids is 1. The first kappa shape index (κ1) is 11.0. The van der Waals surface area contributed by atoms with Crippen LogP contribution < -0.4 is 0 Å². The van der Waals surface area contributed by atoms with Gasteiger partial charge in [-0.05, 0) is 23.7 Å². The first-order valence-corrected chi connectivity index (χ1v) is 4.95. The Labute approximate surface area is 85.3 Å². The smallest absolute Gasteiger partial charge is 0.327 e. The van der Waals surface area contributed by atoms with Gasteiger partial charge < -0.3 is 5.11 Å². The third kappa shape index (κ3) is 2.06. The fourth-order valence-corrected chi connectivity index (χ4v) is 1.84. The second-order valence-corrected chi connectivity index (χ2v) is 4.83. The maximum Gasteiger partial charge on any atom is 0.327 e. The summed E-state index contributed by atoms with van der Waals surface area (Å²) in [6.07, 6.45) is 9.26. The Balaban J connectivity index is 2.64. The van der Waals surface area contributed by atoms with E-state index in [-0.39, 0.29) is 10.8 Å². The van der Waals surface area contributed by atoms with Crippen LogP contribution in [0.4, 0.5) is 0 Å². The Morgan fingerprint density at radius 2 is 2.14 bits per heavy atom. The van der Waals surface area contributed by atoms with Gasteiger partial charge in [-0.1, -0.05) is 39.0 Å². The van der Waals surface area contributed by atoms with Crippen molar-refractivity contribution in [3.63, 3.8) is 0 Å². The first-order valence-electron chi connectivity index (χ1n) is 4.95. The van der Waals surface area contributed by atoms with Gasteiger partial charge in [-0.25, -0.2) is 4.79 Å². The van der Waals surface area contributed by atoms with Crippen LogP contribution in [0.15, 0.2) is 24.3 Å². The zero-order valence-electron chi connectivity index (χ0n) is 9.08. The van der Waals surface area contributed by atoms with Gasteiger partial charge in [0.05, 0.1) is 0 Å². The zero-order chi connectivity index (χ0) is 10.8. The van der Waals surface area contributed by atoms with E-state index in [1.165, 1.54) is 6.08 Å². The van der Waals surface area contributed by atoms with Gasteiger partial charge in [-0.2, -0.15) is 0 Å². The van der Waals surface area contributed by atoms with Crippen LogP contribution >= 0.6 is 0 Å². The number of carboxylic acid groups (broad SMARTS) is 1. The molecule has 1 N–H and O–H groups in total. The van der Waals surface area contributed by atoms with Crippen LogP contribution in [0.5, 0.6) is 0 Å². The minimum Gasteiger partial charge on any atom is -0.478 e. The predicted molar refractivity (Wildman–Crippen MR) is 57.0 cm³/mol. The molecule has 0 saturated heterocycles. The van der Waals surface area contributed by atoms with E-state index in [2.05, 4.69) is 32.9 Å². The highest BCUT2D eigenvalue weighted by Crippen LogP contribution is 2.50. The molecule has 2 nitrogen and oxygen atoms in total. The molecular weight excluding hydrogens is 176 g/mol. The molecule has 14 heavy (non-hydrogen) atoms. The van der Waals surface area contributed by atoms with Crippen molar-refractivity contribution in [3.8, 4) is 0 Å². The van der Waals surface area contributed by atoms with Crippen molar-refractivity contribution in [1.82, 2.24) is 0 Å². The van der Waals surface area contributed by atoms with Crippen LogP contribution in [-0.2, 0) is 4.79 Å². The number of hydrogen-bond acceptors (Lipinski definition) is 1. The van der Waals surface area contributed by atoms with E-state index < -0.39 is 5.97 Å². The van der Waals surface area contributed by atoms with Crippen molar-refractivity contribution in [2.45, 2.75) is 33.6 Å². The van der Waals surface area contributed by atoms with Crippen LogP contribution in [0, 0.1) is 10.8 Å². The molecule has 2 heteroatoms. The van der Waals surface area contributed by atoms with E-state index in [1.54, 1.807) is 6.08 Å². The zero-order valence-corrected chi connectivity index (χ0v) is 9.08. The lowest BCUT2D eigenvalue weighted by Crippen LogP contribution is -2.29. The lowest BCUT2D eigenvalue weighted by Gasteiger charge is -2.37. The highest BCUT2D eigenvalue weighted by Gasteiger charge is 2.40. The lowest BCUT2D eigenvalue weighted by molar-refractivity contribution is -0.131. The lowest BCUT2D eigenvalue weighted by atomic mass is 9.67. The van der Waals surface area contributed by atoms with Crippen molar-refractivity contribution >= 4 is 5.97 Å². The Morgan fingerprint density at radius 1 is 1.50 bits per heavy atom. The summed E-state index contributed by atoms with van der Waals surface area (Å²) in [5, 5.41) is 8.50. The van der Waals surface area contributed by atoms with Gasteiger partial charge >= 0.3 is 5.97 Å². The number of carboxylic acids is 1. The van der Waals surface area contributed by atoms with Crippen molar-refractivity contribution in [2.75, 3.05) is 0 Å². The first-order chi connectivity index (χ1) is 6.37. The molecule has 0 saturated carbocycles. The molecule has 1 aliphatic carbocycles. The Hall–Kier alpha value is -1.05. The highest BCUT2D eigenvalue weighted by atomic mass is 16.4. The van der Waals surface area contributed by atoms with Crippen LogP contribution in [0.1, 0.15) is 33.6 Å². The fraction of sp³-hybridized carbons (Fsp3) is 0.583. The second-order valence-electron chi connectivity index (χ2n) is 4.83. The third-order valence-electron chi connectivity index (χ3n) is 3.49. The van der Waals surface area contributed by atoms with Crippen molar-refractivity contribution in [3.05, 3.63) is 24.3 Å². The van der Waals surface area contributed by atoms with Gasteiger partial charge in [-0.3, -0.25) is 0 Å². The predicted octanol–water partition coefficient (Wildman–Crippen LogP) is 3.01. The number of allylic oxidation sites excluding steroid dienone is 3. The molecule has 1 aliphatic rings. The van der Waals surface area contributed by atoms with Gasteiger partial charge in [0, 0.05) is 6.08 Å². The van der Waals surface area contributed by atoms with Crippen LogP contribution in [0.25, 0.3) is 0 Å². The molecule has 0 fully saturated rings. The van der Waals surface area contributed by atoms with E-state index in [1.807, 2.05) is 0 Å².